The van der Waals surface area contributed by atoms with Crippen LogP contribution in [0.4, 0.5) is 4.39 Å². The molecule has 2 heterocycles. The van der Waals surface area contributed by atoms with Gasteiger partial charge in [0.2, 0.25) is 0 Å². The van der Waals surface area contributed by atoms with E-state index < -0.39 is 6.10 Å². The van der Waals surface area contributed by atoms with Crippen molar-refractivity contribution >= 4 is 0 Å². The van der Waals surface area contributed by atoms with Crippen molar-refractivity contribution in [3.8, 4) is 5.69 Å². The molecule has 1 N–H and O–H groups in total. The summed E-state index contributed by atoms with van der Waals surface area (Å²) in [4.78, 5) is 3.74. The summed E-state index contributed by atoms with van der Waals surface area (Å²) in [5.41, 5.74) is 2.43. The molecular weight excluding hydrogens is 219 g/mol. The summed E-state index contributed by atoms with van der Waals surface area (Å²) in [7, 11) is 0. The van der Waals surface area contributed by atoms with Crippen LogP contribution in [0.1, 0.15) is 30.2 Å². The van der Waals surface area contributed by atoms with Gasteiger partial charge < -0.3 is 9.67 Å². The lowest BCUT2D eigenvalue weighted by molar-refractivity contribution is 0.156. The van der Waals surface area contributed by atoms with Crippen molar-refractivity contribution in [2.45, 2.75) is 25.4 Å². The monoisotopic (exact) mass is 232 g/mol. The fraction of sp³-hybridized carbons (Fsp3) is 0.308. The Kier molecular flexibility index (Phi) is 2.44. The van der Waals surface area contributed by atoms with Gasteiger partial charge in [0.1, 0.15) is 0 Å². The van der Waals surface area contributed by atoms with Crippen LogP contribution in [0.3, 0.4) is 0 Å². The highest BCUT2D eigenvalue weighted by Crippen LogP contribution is 2.32. The second-order valence-corrected chi connectivity index (χ2v) is 4.32. The SMILES string of the molecule is OC1CCCc2c1ccn2-c1ccncc1F. The lowest BCUT2D eigenvalue weighted by Gasteiger charge is -2.20. The highest BCUT2D eigenvalue weighted by Gasteiger charge is 2.22. The first-order valence-corrected chi connectivity index (χ1v) is 5.75. The van der Waals surface area contributed by atoms with E-state index in [1.165, 1.54) is 6.20 Å². The van der Waals surface area contributed by atoms with E-state index in [0.717, 1.165) is 30.5 Å². The van der Waals surface area contributed by atoms with Crippen LogP contribution >= 0.6 is 0 Å². The van der Waals surface area contributed by atoms with Crippen molar-refractivity contribution in [3.63, 3.8) is 0 Å². The minimum atomic E-state index is -0.412. The third-order valence-corrected chi connectivity index (χ3v) is 3.29. The summed E-state index contributed by atoms with van der Waals surface area (Å²) in [5, 5.41) is 9.87. The molecular formula is C13H13FN2O. The van der Waals surface area contributed by atoms with Gasteiger partial charge in [0, 0.05) is 23.7 Å². The van der Waals surface area contributed by atoms with Gasteiger partial charge in [-0.05, 0) is 31.4 Å². The van der Waals surface area contributed by atoms with E-state index in [2.05, 4.69) is 4.98 Å². The fourth-order valence-electron chi connectivity index (χ4n) is 2.46. The van der Waals surface area contributed by atoms with Crippen LogP contribution in [0.25, 0.3) is 5.69 Å². The molecule has 0 fully saturated rings. The highest BCUT2D eigenvalue weighted by molar-refractivity contribution is 5.39. The number of hydrogen-bond acceptors (Lipinski definition) is 2. The average Bonchev–Trinajstić information content (AvgIpc) is 2.75. The first-order valence-electron chi connectivity index (χ1n) is 5.75. The maximum atomic E-state index is 13.7. The van der Waals surface area contributed by atoms with Crippen molar-refractivity contribution in [2.24, 2.45) is 0 Å². The number of nitrogens with zero attached hydrogens (tertiary/aromatic N) is 2. The van der Waals surface area contributed by atoms with E-state index in [1.54, 1.807) is 12.3 Å². The molecule has 3 rings (SSSR count). The van der Waals surface area contributed by atoms with Crippen LogP contribution in [-0.2, 0) is 6.42 Å². The van der Waals surface area contributed by atoms with Crippen LogP contribution in [0.15, 0.2) is 30.7 Å². The van der Waals surface area contributed by atoms with Crippen LogP contribution in [-0.4, -0.2) is 14.7 Å². The van der Waals surface area contributed by atoms with Crippen LogP contribution in [0.5, 0.6) is 0 Å². The molecule has 17 heavy (non-hydrogen) atoms. The summed E-state index contributed by atoms with van der Waals surface area (Å²) < 4.78 is 15.5. The second-order valence-electron chi connectivity index (χ2n) is 4.32. The van der Waals surface area contributed by atoms with Crippen molar-refractivity contribution in [2.75, 3.05) is 0 Å². The topological polar surface area (TPSA) is 38.0 Å². The largest absolute Gasteiger partial charge is 0.388 e. The molecule has 0 amide bonds. The van der Waals surface area contributed by atoms with E-state index in [4.69, 9.17) is 0 Å². The average molecular weight is 232 g/mol. The Morgan fingerprint density at radius 2 is 2.29 bits per heavy atom. The Hall–Kier alpha value is -1.68. The Morgan fingerprint density at radius 1 is 1.41 bits per heavy atom. The zero-order valence-corrected chi connectivity index (χ0v) is 9.31. The first kappa shape index (κ1) is 10.5. The molecule has 88 valence electrons. The summed E-state index contributed by atoms with van der Waals surface area (Å²) in [6.45, 7) is 0. The Balaban J connectivity index is 2.14. The third kappa shape index (κ3) is 1.65. The summed E-state index contributed by atoms with van der Waals surface area (Å²) in [5.74, 6) is -0.342. The number of rotatable bonds is 1. The Labute approximate surface area is 98.5 Å². The molecule has 1 aliphatic carbocycles. The van der Waals surface area contributed by atoms with Gasteiger partial charge in [-0.1, -0.05) is 0 Å². The fourth-order valence-corrected chi connectivity index (χ4v) is 2.46. The summed E-state index contributed by atoms with van der Waals surface area (Å²) in [6, 6.07) is 3.52. The predicted molar refractivity (Wildman–Crippen MR) is 61.4 cm³/mol. The molecule has 0 bridgehead atoms. The van der Waals surface area contributed by atoms with Gasteiger partial charge in [-0.3, -0.25) is 4.98 Å². The first-order chi connectivity index (χ1) is 8.27. The molecule has 0 saturated carbocycles. The van der Waals surface area contributed by atoms with E-state index in [1.807, 2.05) is 16.8 Å². The number of pyridine rings is 1. The van der Waals surface area contributed by atoms with Crippen molar-refractivity contribution in [1.82, 2.24) is 9.55 Å². The molecule has 4 heteroatoms. The second kappa shape index (κ2) is 3.96. The van der Waals surface area contributed by atoms with Crippen LogP contribution < -0.4 is 0 Å². The van der Waals surface area contributed by atoms with Crippen molar-refractivity contribution in [1.29, 1.82) is 0 Å². The Bertz CT molecular complexity index is 550. The van der Waals surface area contributed by atoms with Gasteiger partial charge in [-0.2, -0.15) is 0 Å². The minimum Gasteiger partial charge on any atom is -0.388 e. The van der Waals surface area contributed by atoms with E-state index in [9.17, 15) is 9.50 Å². The van der Waals surface area contributed by atoms with Gasteiger partial charge in [0.25, 0.3) is 0 Å². The Morgan fingerprint density at radius 3 is 3.12 bits per heavy atom. The smallest absolute Gasteiger partial charge is 0.165 e. The normalized spacial score (nSPS) is 19.1. The number of aliphatic hydroxyl groups is 1. The van der Waals surface area contributed by atoms with Crippen LogP contribution in [0, 0.1) is 5.82 Å². The molecule has 0 spiro atoms. The standard InChI is InChI=1S/C13H13FN2O/c14-10-8-15-6-4-12(10)16-7-5-9-11(16)2-1-3-13(9)17/h4-8,13,17H,1-3H2. The summed E-state index contributed by atoms with van der Waals surface area (Å²) >= 11 is 0. The third-order valence-electron chi connectivity index (χ3n) is 3.29. The van der Waals surface area contributed by atoms with Gasteiger partial charge in [0.15, 0.2) is 5.82 Å². The maximum Gasteiger partial charge on any atom is 0.165 e. The van der Waals surface area contributed by atoms with Gasteiger partial charge in [-0.15, -0.1) is 0 Å². The lowest BCUT2D eigenvalue weighted by Crippen LogP contribution is -2.11. The van der Waals surface area contributed by atoms with Crippen molar-refractivity contribution in [3.05, 3.63) is 47.8 Å². The molecule has 0 aromatic carbocycles. The zero-order valence-electron chi connectivity index (χ0n) is 9.31. The number of aromatic nitrogens is 2. The highest BCUT2D eigenvalue weighted by atomic mass is 19.1. The maximum absolute atomic E-state index is 13.7. The molecule has 1 atom stereocenters. The minimum absolute atomic E-state index is 0.342. The van der Waals surface area contributed by atoms with E-state index >= 15 is 0 Å². The number of aliphatic hydroxyl groups excluding tert-OH is 1. The molecule has 2 aromatic rings. The van der Waals surface area contributed by atoms with Gasteiger partial charge in [-0.25, -0.2) is 4.39 Å². The zero-order chi connectivity index (χ0) is 11.8. The number of halogens is 1. The molecule has 3 nitrogen and oxygen atoms in total. The molecule has 0 radical (unpaired) electrons. The van der Waals surface area contributed by atoms with E-state index in [-0.39, 0.29) is 5.82 Å². The number of hydrogen-bond donors (Lipinski definition) is 1. The van der Waals surface area contributed by atoms with Crippen molar-refractivity contribution < 1.29 is 9.50 Å². The molecule has 1 aliphatic rings. The lowest BCUT2D eigenvalue weighted by atomic mass is 9.95. The van der Waals surface area contributed by atoms with E-state index in [0.29, 0.717) is 5.69 Å². The van der Waals surface area contributed by atoms with Gasteiger partial charge in [0.05, 0.1) is 18.0 Å². The predicted octanol–water partition coefficient (Wildman–Crippen LogP) is 2.38. The molecule has 2 aromatic heterocycles. The molecule has 0 saturated heterocycles. The quantitative estimate of drug-likeness (QED) is 0.819. The van der Waals surface area contributed by atoms with Crippen LogP contribution in [0.2, 0.25) is 0 Å². The molecule has 0 aliphatic heterocycles. The summed E-state index contributed by atoms with van der Waals surface area (Å²) in [6.07, 6.45) is 6.79. The van der Waals surface area contributed by atoms with Gasteiger partial charge >= 0.3 is 0 Å². The molecule has 1 unspecified atom stereocenters. The number of fused-ring (bicyclic) bond motifs is 1.